The minimum atomic E-state index is -2.61. The van der Waals surface area contributed by atoms with Crippen LogP contribution in [0.4, 0.5) is 8.78 Å². The monoisotopic (exact) mass is 338 g/mol. The maximum absolute atomic E-state index is 12.8. The number of nitrogens with zero attached hydrogens (tertiary/aromatic N) is 3. The van der Waals surface area contributed by atoms with Crippen molar-refractivity contribution in [3.05, 3.63) is 23.8 Å². The number of hydrogen-bond donors (Lipinski definition) is 1. The van der Waals surface area contributed by atoms with Gasteiger partial charge in [0, 0.05) is 18.7 Å². The Morgan fingerprint density at radius 3 is 2.79 bits per heavy atom. The highest BCUT2D eigenvalue weighted by atomic mass is 19.3. The largest absolute Gasteiger partial charge is 0.349 e. The van der Waals surface area contributed by atoms with E-state index >= 15 is 0 Å². The number of halogens is 2. The Hall–Kier alpha value is -2.12. The topological polar surface area (TPSA) is 75.2 Å². The number of aromatic nitrogens is 2. The molecule has 0 bridgehead atoms. The molecule has 6 nitrogen and oxygen atoms in total. The number of alkyl halides is 2. The molecule has 0 unspecified atom stereocenters. The Balaban J connectivity index is 1.73. The molecule has 130 valence electrons. The van der Waals surface area contributed by atoms with Crippen molar-refractivity contribution in [3.63, 3.8) is 0 Å². The van der Waals surface area contributed by atoms with Crippen LogP contribution in [0.15, 0.2) is 12.3 Å². The Morgan fingerprint density at radius 2 is 2.08 bits per heavy atom. The molecule has 2 aliphatic rings. The molecule has 1 saturated carbocycles. The van der Waals surface area contributed by atoms with Gasteiger partial charge in [-0.25, -0.2) is 18.7 Å². The van der Waals surface area contributed by atoms with Crippen LogP contribution in [-0.4, -0.2) is 52.2 Å². The zero-order valence-electron chi connectivity index (χ0n) is 13.3. The normalized spacial score (nSPS) is 21.0. The highest BCUT2D eigenvalue weighted by molar-refractivity contribution is 5.96. The van der Waals surface area contributed by atoms with Gasteiger partial charge in [0.15, 0.2) is 0 Å². The maximum Gasteiger partial charge on any atom is 0.273 e. The lowest BCUT2D eigenvalue weighted by atomic mass is 10.0. The Bertz CT molecular complexity index is 622. The highest BCUT2D eigenvalue weighted by Gasteiger charge is 2.34. The third-order valence-corrected chi connectivity index (χ3v) is 4.33. The number of rotatable bonds is 5. The molecule has 0 spiro atoms. The molecule has 1 aromatic heterocycles. The van der Waals surface area contributed by atoms with Gasteiger partial charge in [-0.3, -0.25) is 9.59 Å². The Labute approximate surface area is 138 Å². The SMILES string of the molecule is O=C(NCC(F)F)[C@@H]1CCCCN1C(=O)c1ccnc(C2CC2)n1. The molecule has 0 radical (unpaired) electrons. The van der Waals surface area contributed by atoms with Crippen molar-refractivity contribution >= 4 is 11.8 Å². The summed E-state index contributed by atoms with van der Waals surface area (Å²) in [5.74, 6) is 0.122. The molecule has 2 heterocycles. The second-order valence-corrected chi connectivity index (χ2v) is 6.22. The molecule has 1 aromatic rings. The van der Waals surface area contributed by atoms with E-state index < -0.39 is 24.9 Å². The van der Waals surface area contributed by atoms with Crippen molar-refractivity contribution in [2.75, 3.05) is 13.1 Å². The summed E-state index contributed by atoms with van der Waals surface area (Å²) in [5.41, 5.74) is 0.264. The van der Waals surface area contributed by atoms with Crippen molar-refractivity contribution < 1.29 is 18.4 Å². The Morgan fingerprint density at radius 1 is 1.29 bits per heavy atom. The van der Waals surface area contributed by atoms with Gasteiger partial charge < -0.3 is 10.2 Å². The second kappa shape index (κ2) is 7.19. The summed E-state index contributed by atoms with van der Waals surface area (Å²) in [4.78, 5) is 34.9. The van der Waals surface area contributed by atoms with Gasteiger partial charge in [0.05, 0.1) is 6.54 Å². The van der Waals surface area contributed by atoms with Crippen LogP contribution in [-0.2, 0) is 4.79 Å². The lowest BCUT2D eigenvalue weighted by Gasteiger charge is -2.34. The van der Waals surface area contributed by atoms with Gasteiger partial charge in [-0.05, 0) is 38.2 Å². The van der Waals surface area contributed by atoms with Crippen LogP contribution in [0.3, 0.4) is 0 Å². The van der Waals surface area contributed by atoms with Gasteiger partial charge >= 0.3 is 0 Å². The first-order chi connectivity index (χ1) is 11.6. The molecule has 3 rings (SSSR count). The summed E-state index contributed by atoms with van der Waals surface area (Å²) in [6, 6.07) is 0.820. The minimum absolute atomic E-state index is 0.264. The summed E-state index contributed by atoms with van der Waals surface area (Å²) < 4.78 is 24.6. The average Bonchev–Trinajstić information content (AvgIpc) is 3.44. The number of piperidine rings is 1. The van der Waals surface area contributed by atoms with Crippen molar-refractivity contribution in [2.45, 2.75) is 50.5 Å². The Kier molecular flexibility index (Phi) is 5.01. The third kappa shape index (κ3) is 3.85. The minimum Gasteiger partial charge on any atom is -0.349 e. The van der Waals surface area contributed by atoms with Crippen LogP contribution in [0.2, 0.25) is 0 Å². The van der Waals surface area contributed by atoms with Crippen LogP contribution in [0.1, 0.15) is 54.3 Å². The van der Waals surface area contributed by atoms with E-state index in [4.69, 9.17) is 0 Å². The van der Waals surface area contributed by atoms with Gasteiger partial charge in [0.2, 0.25) is 5.91 Å². The van der Waals surface area contributed by atoms with E-state index in [9.17, 15) is 18.4 Å². The fourth-order valence-corrected chi connectivity index (χ4v) is 2.92. The first-order valence-electron chi connectivity index (χ1n) is 8.26. The molecule has 24 heavy (non-hydrogen) atoms. The second-order valence-electron chi connectivity index (χ2n) is 6.22. The molecule has 0 aromatic carbocycles. The van der Waals surface area contributed by atoms with E-state index in [0.717, 1.165) is 25.7 Å². The predicted molar refractivity (Wildman–Crippen MR) is 81.7 cm³/mol. The lowest BCUT2D eigenvalue weighted by molar-refractivity contribution is -0.127. The number of carbonyl (C=O) groups is 2. The fourth-order valence-electron chi connectivity index (χ4n) is 2.92. The van der Waals surface area contributed by atoms with Crippen LogP contribution in [0.25, 0.3) is 0 Å². The van der Waals surface area contributed by atoms with E-state index in [-0.39, 0.29) is 11.6 Å². The summed E-state index contributed by atoms with van der Waals surface area (Å²) in [5, 5.41) is 2.21. The number of nitrogens with one attached hydrogen (secondary N) is 1. The zero-order chi connectivity index (χ0) is 17.1. The van der Waals surface area contributed by atoms with Crippen molar-refractivity contribution in [1.82, 2.24) is 20.2 Å². The van der Waals surface area contributed by atoms with Gasteiger partial charge in [0.1, 0.15) is 17.6 Å². The number of likely N-dealkylation sites (tertiary alicyclic amines) is 1. The molecule has 1 aliphatic carbocycles. The van der Waals surface area contributed by atoms with E-state index in [1.165, 1.54) is 11.0 Å². The standard InChI is InChI=1S/C16H20F2N4O2/c17-13(18)9-20-15(23)12-3-1-2-8-22(12)16(24)11-6-7-19-14(21-11)10-4-5-10/h6-7,10,12-13H,1-5,8-9H2,(H,20,23)/t12-/m0/s1. The molecule has 2 amide bonds. The summed E-state index contributed by atoms with van der Waals surface area (Å²) in [7, 11) is 0. The average molecular weight is 338 g/mol. The molecule has 8 heteroatoms. The van der Waals surface area contributed by atoms with E-state index in [1.807, 2.05) is 0 Å². The number of amides is 2. The highest BCUT2D eigenvalue weighted by Crippen LogP contribution is 2.37. The van der Waals surface area contributed by atoms with Crippen molar-refractivity contribution in [1.29, 1.82) is 0 Å². The van der Waals surface area contributed by atoms with Gasteiger partial charge in [-0.1, -0.05) is 0 Å². The summed E-state index contributed by atoms with van der Waals surface area (Å²) in [6.45, 7) is -0.273. The molecule has 1 saturated heterocycles. The fraction of sp³-hybridized carbons (Fsp3) is 0.625. The molecule has 2 fully saturated rings. The molecular weight excluding hydrogens is 318 g/mol. The van der Waals surface area contributed by atoms with Crippen LogP contribution < -0.4 is 5.32 Å². The third-order valence-electron chi connectivity index (χ3n) is 4.33. The van der Waals surface area contributed by atoms with E-state index in [0.29, 0.717) is 24.7 Å². The van der Waals surface area contributed by atoms with E-state index in [1.54, 1.807) is 6.20 Å². The summed E-state index contributed by atoms with van der Waals surface area (Å²) >= 11 is 0. The molecule has 1 atom stereocenters. The predicted octanol–water partition coefficient (Wildman–Crippen LogP) is 1.73. The van der Waals surface area contributed by atoms with Crippen LogP contribution in [0, 0.1) is 0 Å². The molecular formula is C16H20F2N4O2. The van der Waals surface area contributed by atoms with E-state index in [2.05, 4.69) is 15.3 Å². The van der Waals surface area contributed by atoms with Crippen LogP contribution in [0.5, 0.6) is 0 Å². The first kappa shape index (κ1) is 16.7. The smallest absolute Gasteiger partial charge is 0.273 e. The lowest BCUT2D eigenvalue weighted by Crippen LogP contribution is -2.52. The number of hydrogen-bond acceptors (Lipinski definition) is 4. The molecule has 1 aliphatic heterocycles. The quantitative estimate of drug-likeness (QED) is 0.887. The molecule has 1 N–H and O–H groups in total. The van der Waals surface area contributed by atoms with Crippen LogP contribution >= 0.6 is 0 Å². The number of carbonyl (C=O) groups excluding carboxylic acids is 2. The van der Waals surface area contributed by atoms with Gasteiger partial charge in [0.25, 0.3) is 12.3 Å². The maximum atomic E-state index is 12.8. The van der Waals surface area contributed by atoms with Crippen molar-refractivity contribution in [2.24, 2.45) is 0 Å². The first-order valence-corrected chi connectivity index (χ1v) is 8.26. The summed E-state index contributed by atoms with van der Waals surface area (Å²) in [6.07, 6.45) is 3.05. The zero-order valence-corrected chi connectivity index (χ0v) is 13.3. The van der Waals surface area contributed by atoms with Gasteiger partial charge in [-0.2, -0.15) is 0 Å². The van der Waals surface area contributed by atoms with Crippen molar-refractivity contribution in [3.8, 4) is 0 Å². The van der Waals surface area contributed by atoms with Gasteiger partial charge in [-0.15, -0.1) is 0 Å².